The predicted molar refractivity (Wildman–Crippen MR) is 123 cm³/mol. The lowest BCUT2D eigenvalue weighted by Gasteiger charge is -2.08. The van der Waals surface area contributed by atoms with E-state index in [-0.39, 0.29) is 0 Å². The second kappa shape index (κ2) is 21.3. The van der Waals surface area contributed by atoms with Gasteiger partial charge in [-0.15, -0.1) is 0 Å². The van der Waals surface area contributed by atoms with E-state index in [2.05, 4.69) is 47.4 Å². The van der Waals surface area contributed by atoms with Crippen molar-refractivity contribution < 1.29 is 38.8 Å². The van der Waals surface area contributed by atoms with Gasteiger partial charge in [-0.1, -0.05) is 45.7 Å². The largest absolute Gasteiger partial charge is 0.477 e. The van der Waals surface area contributed by atoms with Crippen LogP contribution >= 0.6 is 25.0 Å². The highest BCUT2D eigenvalue weighted by Crippen LogP contribution is 2.27. The van der Waals surface area contributed by atoms with Gasteiger partial charge in [0.2, 0.25) is 5.88 Å². The van der Waals surface area contributed by atoms with Crippen molar-refractivity contribution in [3.8, 4) is 11.9 Å². The van der Waals surface area contributed by atoms with Crippen molar-refractivity contribution in [1.82, 2.24) is 9.97 Å². The molecule has 0 aliphatic heterocycles. The average Bonchev–Trinajstić information content (AvgIpc) is 2.52. The van der Waals surface area contributed by atoms with E-state index in [1.54, 1.807) is 6.92 Å². The van der Waals surface area contributed by atoms with Crippen LogP contribution in [-0.4, -0.2) is 52.5 Å². The Balaban J connectivity index is -0.000000173. The normalized spacial score (nSPS) is 9.72. The van der Waals surface area contributed by atoms with Gasteiger partial charge in [0.1, 0.15) is 5.02 Å². The number of nitrogens with zero attached hydrogens (tertiary/aromatic N) is 2. The van der Waals surface area contributed by atoms with Gasteiger partial charge in [-0.3, -0.25) is 0 Å². The quantitative estimate of drug-likeness (QED) is 0.323. The summed E-state index contributed by atoms with van der Waals surface area (Å²) in [6, 6.07) is 0.304. The fourth-order valence-corrected chi connectivity index (χ4v) is 1.07. The highest BCUT2D eigenvalue weighted by molar-refractivity contribution is 8.06. The maximum absolute atomic E-state index is 7.56. The van der Waals surface area contributed by atoms with Crippen LogP contribution < -0.4 is 9.47 Å². The van der Waals surface area contributed by atoms with Gasteiger partial charge in [0.05, 0.1) is 18.9 Å². The number of hydrogen-bond donors (Lipinski definition) is 6. The zero-order chi connectivity index (χ0) is 24.3. The van der Waals surface area contributed by atoms with Gasteiger partial charge >= 0.3 is 19.4 Å². The molecule has 1 aromatic rings. The first kappa shape index (κ1) is 36.4. The molecule has 0 saturated heterocycles. The number of rotatable bonds is 4. The Bertz CT molecular complexity index is 581. The summed E-state index contributed by atoms with van der Waals surface area (Å²) in [6.45, 7) is 7.20. The molecular formula is C14H33ClN2O8P2S2. The second-order valence-electron chi connectivity index (χ2n) is 4.31. The molecule has 29 heavy (non-hydrogen) atoms. The lowest BCUT2D eigenvalue weighted by molar-refractivity contribution is 0.288. The van der Waals surface area contributed by atoms with Gasteiger partial charge in [0.15, 0.2) is 0 Å². The smallest absolute Gasteiger partial charge is 0.320 e. The molecular weight excluding hydrogens is 486 g/mol. The molecule has 0 aromatic carbocycles. The second-order valence-corrected chi connectivity index (χ2v) is 9.68. The maximum Gasteiger partial charge on any atom is 0.320 e. The average molecular weight is 519 g/mol. The molecule has 1 heterocycles. The Morgan fingerprint density at radius 2 is 1.14 bits per heavy atom. The minimum Gasteiger partial charge on any atom is -0.477 e. The SMILES string of the molecule is CC.CCC.CCOc1nc(C)c(Cl)c(OCC)n1.OP(O)(O)=S.OP(O)(O)=S. The van der Waals surface area contributed by atoms with Crippen molar-refractivity contribution in [2.24, 2.45) is 0 Å². The first-order valence-corrected chi connectivity index (χ1v) is 14.2. The van der Waals surface area contributed by atoms with Crippen LogP contribution in [0.5, 0.6) is 11.9 Å². The highest BCUT2D eigenvalue weighted by Gasteiger charge is 2.10. The Morgan fingerprint density at radius 3 is 1.41 bits per heavy atom. The Kier molecular flexibility index (Phi) is 26.7. The van der Waals surface area contributed by atoms with E-state index < -0.39 is 13.4 Å². The van der Waals surface area contributed by atoms with Crippen molar-refractivity contribution >= 4 is 48.7 Å². The molecule has 0 unspecified atom stereocenters. The molecule has 0 fully saturated rings. The van der Waals surface area contributed by atoms with Crippen LogP contribution in [0.15, 0.2) is 0 Å². The van der Waals surface area contributed by atoms with Crippen molar-refractivity contribution in [3.05, 3.63) is 10.7 Å². The summed E-state index contributed by atoms with van der Waals surface area (Å²) in [5.41, 5.74) is 0.661. The molecule has 0 bridgehead atoms. The summed E-state index contributed by atoms with van der Waals surface area (Å²) < 4.78 is 10.4. The third kappa shape index (κ3) is 39.1. The Labute approximate surface area is 188 Å². The molecule has 1 aromatic heterocycles. The zero-order valence-electron chi connectivity index (χ0n) is 17.6. The topological polar surface area (TPSA) is 166 Å². The molecule has 15 heteroatoms. The van der Waals surface area contributed by atoms with Crippen LogP contribution in [0.4, 0.5) is 0 Å². The summed E-state index contributed by atoms with van der Waals surface area (Å²) in [5.74, 6) is 0.380. The van der Waals surface area contributed by atoms with E-state index in [1.807, 2.05) is 27.7 Å². The van der Waals surface area contributed by atoms with Crippen LogP contribution in [0.25, 0.3) is 0 Å². The van der Waals surface area contributed by atoms with Crippen molar-refractivity contribution in [2.75, 3.05) is 13.2 Å². The molecule has 0 aliphatic rings. The molecule has 176 valence electrons. The lowest BCUT2D eigenvalue weighted by atomic mass is 10.4. The monoisotopic (exact) mass is 518 g/mol. The molecule has 1 rings (SSSR count). The van der Waals surface area contributed by atoms with E-state index in [1.165, 1.54) is 6.42 Å². The molecule has 0 saturated carbocycles. The summed E-state index contributed by atoms with van der Waals surface area (Å²) in [4.78, 5) is 53.4. The minimum atomic E-state index is -3.81. The van der Waals surface area contributed by atoms with Crippen LogP contribution in [0.2, 0.25) is 5.02 Å². The van der Waals surface area contributed by atoms with Gasteiger partial charge in [-0.25, -0.2) is 0 Å². The molecule has 0 amide bonds. The third-order valence-corrected chi connectivity index (χ3v) is 1.96. The molecule has 0 spiro atoms. The lowest BCUT2D eigenvalue weighted by Crippen LogP contribution is -2.03. The van der Waals surface area contributed by atoms with E-state index in [9.17, 15) is 0 Å². The highest BCUT2D eigenvalue weighted by atomic mass is 35.5. The fourth-order valence-electron chi connectivity index (χ4n) is 0.934. The standard InChI is InChI=1S/C9H13ClN2O2.C3H8.C2H6.2H3O3PS/c1-4-13-8-7(10)6(3)11-9(12-8)14-5-2;1-3-2;1-2;2*1-4(2,3)5/h4-5H2,1-3H3;3H2,1-2H3;1-2H3;2*(H3,1,2,3,5). The first-order valence-electron chi connectivity index (χ1n) is 8.46. The van der Waals surface area contributed by atoms with Gasteiger partial charge in [0.25, 0.3) is 0 Å². The number of aryl methyl sites for hydroxylation is 1. The minimum absolute atomic E-state index is 0.304. The molecule has 6 N–H and O–H groups in total. The molecule has 0 aliphatic carbocycles. The Hall–Kier alpha value is 0.0300. The molecule has 0 radical (unpaired) electrons. The molecule has 0 atom stereocenters. The van der Waals surface area contributed by atoms with Crippen molar-refractivity contribution in [3.63, 3.8) is 0 Å². The zero-order valence-corrected chi connectivity index (χ0v) is 21.8. The van der Waals surface area contributed by atoms with Crippen molar-refractivity contribution in [1.29, 1.82) is 0 Å². The number of aromatic nitrogens is 2. The van der Waals surface area contributed by atoms with Crippen LogP contribution in [0.1, 0.15) is 53.7 Å². The summed E-state index contributed by atoms with van der Waals surface area (Å²) in [6.07, 6.45) is 1.25. The number of halogens is 1. The van der Waals surface area contributed by atoms with E-state index >= 15 is 0 Å². The predicted octanol–water partition coefficient (Wildman–Crippen LogP) is 3.05. The first-order chi connectivity index (χ1) is 13.1. The fraction of sp³-hybridized carbons (Fsp3) is 0.714. The Morgan fingerprint density at radius 1 is 0.828 bits per heavy atom. The van der Waals surface area contributed by atoms with Crippen molar-refractivity contribution in [2.45, 2.75) is 54.9 Å². The third-order valence-electron chi connectivity index (χ3n) is 1.52. The summed E-state index contributed by atoms with van der Waals surface area (Å²) in [5, 5.41) is 0.440. The van der Waals surface area contributed by atoms with Crippen LogP contribution in [0, 0.1) is 6.92 Å². The number of ether oxygens (including phenoxy) is 2. The van der Waals surface area contributed by atoms with Gasteiger partial charge in [-0.05, 0) is 44.4 Å². The molecule has 10 nitrogen and oxygen atoms in total. The van der Waals surface area contributed by atoms with Gasteiger partial charge in [-0.2, -0.15) is 9.97 Å². The van der Waals surface area contributed by atoms with Gasteiger partial charge < -0.3 is 38.8 Å². The summed E-state index contributed by atoms with van der Waals surface area (Å²) >= 11 is 13.1. The maximum atomic E-state index is 7.56. The number of hydrogen-bond acceptors (Lipinski definition) is 6. The van der Waals surface area contributed by atoms with Gasteiger partial charge in [0, 0.05) is 0 Å². The van der Waals surface area contributed by atoms with Crippen LogP contribution in [0.3, 0.4) is 0 Å². The summed E-state index contributed by atoms with van der Waals surface area (Å²) in [7, 11) is 0. The van der Waals surface area contributed by atoms with Crippen LogP contribution in [-0.2, 0) is 23.6 Å². The van der Waals surface area contributed by atoms with E-state index in [4.69, 9.17) is 50.4 Å². The van der Waals surface area contributed by atoms with E-state index in [0.29, 0.717) is 35.8 Å². The van der Waals surface area contributed by atoms with E-state index in [0.717, 1.165) is 0 Å².